The summed E-state index contributed by atoms with van der Waals surface area (Å²) in [5.74, 6) is -3.07. The summed E-state index contributed by atoms with van der Waals surface area (Å²) < 4.78 is 84.7. The zero-order valence-electron chi connectivity index (χ0n) is 27.2. The van der Waals surface area contributed by atoms with Gasteiger partial charge in [0.05, 0.1) is 18.0 Å². The maximum Gasteiger partial charge on any atom is 0.573 e. The molecule has 0 saturated carbocycles. The minimum absolute atomic E-state index is 0.0214. The SMILES string of the molecule is CNc1cc(NC(=O)c2cccc(F)c2)cc(Oc2cnc[n+](-c3ccc(OC(F)(F)F)cc3C(=O)Nc3cc(F)cc(Oc4cncnc4)c3)c2)c1. The van der Waals surface area contributed by atoms with Gasteiger partial charge in [0.2, 0.25) is 5.75 Å². The highest BCUT2D eigenvalue weighted by atomic mass is 19.4. The normalized spacial score (nSPS) is 11.0. The summed E-state index contributed by atoms with van der Waals surface area (Å²) in [5, 5.41) is 8.11. The summed E-state index contributed by atoms with van der Waals surface area (Å²) in [4.78, 5) is 38.2. The molecule has 0 aliphatic carbocycles. The molecule has 3 N–H and O–H groups in total. The molecule has 4 aromatic carbocycles. The Labute approximate surface area is 296 Å². The highest BCUT2D eigenvalue weighted by Crippen LogP contribution is 2.30. The van der Waals surface area contributed by atoms with Crippen molar-refractivity contribution in [3.05, 3.63) is 139 Å². The maximum absolute atomic E-state index is 14.6. The largest absolute Gasteiger partial charge is 0.573 e. The van der Waals surface area contributed by atoms with Crippen molar-refractivity contribution in [2.45, 2.75) is 6.36 Å². The fraction of sp³-hybridized carbons (Fsp3) is 0.0556. The van der Waals surface area contributed by atoms with Gasteiger partial charge in [-0.15, -0.1) is 13.2 Å². The lowest BCUT2D eigenvalue weighted by molar-refractivity contribution is -0.599. The van der Waals surface area contributed by atoms with Gasteiger partial charge in [0.25, 0.3) is 18.1 Å². The van der Waals surface area contributed by atoms with E-state index in [1.165, 1.54) is 78.4 Å². The lowest BCUT2D eigenvalue weighted by Gasteiger charge is -2.14. The number of carbonyl (C=O) groups excluding carboxylic acids is 2. The van der Waals surface area contributed by atoms with Crippen LogP contribution < -0.4 is 34.7 Å². The summed E-state index contributed by atoms with van der Waals surface area (Å²) in [6.45, 7) is 0. The molecule has 0 fully saturated rings. The second-order valence-electron chi connectivity index (χ2n) is 10.9. The number of amides is 2. The quantitative estimate of drug-likeness (QED) is 0.0916. The van der Waals surface area contributed by atoms with E-state index in [0.717, 1.165) is 30.3 Å². The molecule has 2 amide bonds. The summed E-state index contributed by atoms with van der Waals surface area (Å²) in [6, 6.07) is 16.3. The number of ether oxygens (including phenoxy) is 3. The number of anilines is 3. The van der Waals surface area contributed by atoms with Gasteiger partial charge in [0, 0.05) is 53.9 Å². The van der Waals surface area contributed by atoms with Gasteiger partial charge in [-0.1, -0.05) is 11.1 Å². The van der Waals surface area contributed by atoms with Crippen LogP contribution in [0.25, 0.3) is 5.69 Å². The van der Waals surface area contributed by atoms with Crippen LogP contribution in [0.15, 0.2) is 116 Å². The van der Waals surface area contributed by atoms with Crippen LogP contribution >= 0.6 is 0 Å². The molecule has 0 saturated heterocycles. The van der Waals surface area contributed by atoms with Crippen molar-refractivity contribution in [1.29, 1.82) is 0 Å². The Morgan fingerprint density at radius 1 is 0.679 bits per heavy atom. The summed E-state index contributed by atoms with van der Waals surface area (Å²) in [5.41, 5.74) is 0.571. The molecule has 53 heavy (non-hydrogen) atoms. The molecular weight excluding hydrogens is 705 g/mol. The van der Waals surface area contributed by atoms with Gasteiger partial charge < -0.3 is 30.2 Å². The first-order valence-corrected chi connectivity index (χ1v) is 15.3. The first kappa shape index (κ1) is 35.6. The zero-order chi connectivity index (χ0) is 37.5. The molecule has 0 bridgehead atoms. The molecule has 12 nitrogen and oxygen atoms in total. The molecule has 6 aromatic rings. The van der Waals surface area contributed by atoms with Gasteiger partial charge in [0.15, 0.2) is 11.9 Å². The van der Waals surface area contributed by atoms with E-state index in [1.807, 2.05) is 0 Å². The standard InChI is InChI=1S/C36H24F5N7O5/c1-42-24-10-26(46-34(49)21-3-2-4-22(37)7-21)13-29(11-24)52-31-17-45-20-48(18-31)33-6-5-27(53-36(39,40)41)14-32(33)35(50)47-25-8-23(38)9-28(12-25)51-30-15-43-19-44-16-30/h2-20,42H,1H3,(H-,46,47,49,50)/p+1. The number of nitrogens with one attached hydrogen (secondary N) is 3. The fourth-order valence-corrected chi connectivity index (χ4v) is 4.90. The first-order valence-electron chi connectivity index (χ1n) is 15.3. The van der Waals surface area contributed by atoms with Crippen LogP contribution in [-0.2, 0) is 0 Å². The van der Waals surface area contributed by atoms with Crippen LogP contribution in [0.5, 0.6) is 28.7 Å². The Morgan fingerprint density at radius 2 is 1.36 bits per heavy atom. The first-order chi connectivity index (χ1) is 25.4. The van der Waals surface area contributed by atoms with Crippen molar-refractivity contribution in [3.8, 4) is 34.4 Å². The lowest BCUT2D eigenvalue weighted by Crippen LogP contribution is -2.34. The average molecular weight is 731 g/mol. The molecule has 0 unspecified atom stereocenters. The predicted octanol–water partition coefficient (Wildman–Crippen LogP) is 7.46. The van der Waals surface area contributed by atoms with Gasteiger partial charge in [0.1, 0.15) is 47.1 Å². The molecule has 0 radical (unpaired) electrons. The van der Waals surface area contributed by atoms with E-state index in [0.29, 0.717) is 11.4 Å². The number of hydrogen-bond donors (Lipinski definition) is 3. The number of benzene rings is 4. The molecule has 0 aliphatic rings. The molecule has 0 aliphatic heterocycles. The third-order valence-electron chi connectivity index (χ3n) is 7.06. The van der Waals surface area contributed by atoms with Crippen LogP contribution in [-0.4, -0.2) is 40.2 Å². The molecule has 6 rings (SSSR count). The van der Waals surface area contributed by atoms with E-state index < -0.39 is 35.6 Å². The van der Waals surface area contributed by atoms with Crippen LogP contribution in [0.3, 0.4) is 0 Å². The Hall–Kier alpha value is -7.17. The molecule has 0 atom stereocenters. The predicted molar refractivity (Wildman–Crippen MR) is 179 cm³/mol. The van der Waals surface area contributed by atoms with E-state index in [1.54, 1.807) is 19.2 Å². The Bertz CT molecular complexity index is 2290. The van der Waals surface area contributed by atoms with Gasteiger partial charge >= 0.3 is 6.36 Å². The second-order valence-corrected chi connectivity index (χ2v) is 10.9. The molecule has 268 valence electrons. The molecule has 0 spiro atoms. The third-order valence-corrected chi connectivity index (χ3v) is 7.06. The van der Waals surface area contributed by atoms with E-state index in [4.69, 9.17) is 9.47 Å². The monoisotopic (exact) mass is 730 g/mol. The maximum atomic E-state index is 14.6. The Kier molecular flexibility index (Phi) is 10.3. The molecule has 17 heteroatoms. The van der Waals surface area contributed by atoms with Crippen molar-refractivity contribution in [3.63, 3.8) is 0 Å². The topological polar surface area (TPSA) is 140 Å². The third kappa shape index (κ3) is 9.54. The number of carbonyl (C=O) groups is 2. The van der Waals surface area contributed by atoms with Gasteiger partial charge in [-0.25, -0.2) is 18.7 Å². The number of aromatic nitrogens is 4. The van der Waals surface area contributed by atoms with Crippen molar-refractivity contribution < 1.29 is 50.3 Å². The Balaban J connectivity index is 1.29. The van der Waals surface area contributed by atoms with Gasteiger partial charge in [-0.3, -0.25) is 9.59 Å². The minimum atomic E-state index is -5.06. The molecular formula is C36H25F5N7O5+. The number of nitrogens with zero attached hydrogens (tertiary/aromatic N) is 4. The second kappa shape index (κ2) is 15.4. The summed E-state index contributed by atoms with van der Waals surface area (Å²) >= 11 is 0. The number of hydrogen-bond acceptors (Lipinski definition) is 9. The van der Waals surface area contributed by atoms with Gasteiger partial charge in [-0.2, -0.15) is 4.57 Å². The lowest BCUT2D eigenvalue weighted by atomic mass is 10.1. The van der Waals surface area contributed by atoms with Crippen molar-refractivity contribution in [2.24, 2.45) is 0 Å². The van der Waals surface area contributed by atoms with Crippen LogP contribution in [0, 0.1) is 11.6 Å². The zero-order valence-corrected chi connectivity index (χ0v) is 27.2. The highest BCUT2D eigenvalue weighted by Gasteiger charge is 2.32. The summed E-state index contributed by atoms with van der Waals surface area (Å²) in [6.07, 6.45) is 2.88. The van der Waals surface area contributed by atoms with Gasteiger partial charge in [-0.05, 0) is 48.5 Å². The number of alkyl halides is 3. The van der Waals surface area contributed by atoms with E-state index in [-0.39, 0.29) is 45.5 Å². The van der Waals surface area contributed by atoms with Crippen LogP contribution in [0.2, 0.25) is 0 Å². The fourth-order valence-electron chi connectivity index (χ4n) is 4.90. The minimum Gasteiger partial charge on any atom is -0.454 e. The van der Waals surface area contributed by atoms with Crippen LogP contribution in [0.1, 0.15) is 20.7 Å². The molecule has 2 aromatic heterocycles. The van der Waals surface area contributed by atoms with E-state index in [2.05, 4.69) is 35.6 Å². The van der Waals surface area contributed by atoms with Crippen molar-refractivity contribution in [1.82, 2.24) is 15.0 Å². The smallest absolute Gasteiger partial charge is 0.454 e. The van der Waals surface area contributed by atoms with E-state index in [9.17, 15) is 31.5 Å². The Morgan fingerprint density at radius 3 is 2.09 bits per heavy atom. The van der Waals surface area contributed by atoms with Crippen molar-refractivity contribution >= 4 is 28.9 Å². The van der Waals surface area contributed by atoms with Crippen LogP contribution in [0.4, 0.5) is 39.0 Å². The van der Waals surface area contributed by atoms with Crippen molar-refractivity contribution in [2.75, 3.05) is 23.0 Å². The van der Waals surface area contributed by atoms with E-state index >= 15 is 0 Å². The number of rotatable bonds is 11. The number of halogens is 5. The highest BCUT2D eigenvalue weighted by molar-refractivity contribution is 6.06. The average Bonchev–Trinajstić information content (AvgIpc) is 3.11. The molecule has 2 heterocycles. The summed E-state index contributed by atoms with van der Waals surface area (Å²) in [7, 11) is 1.64.